The molecule has 0 aliphatic rings. The Balaban J connectivity index is 2.60. The van der Waals surface area contributed by atoms with Crippen LogP contribution in [0, 0.1) is 0 Å². The van der Waals surface area contributed by atoms with E-state index in [4.69, 9.17) is 0 Å². The molecule has 0 N–H and O–H groups in total. The molecule has 3 aromatic carbocycles. The molecule has 0 saturated carbocycles. The molecule has 0 heterocycles. The van der Waals surface area contributed by atoms with Crippen molar-refractivity contribution in [2.45, 2.75) is 0 Å². The van der Waals surface area contributed by atoms with E-state index in [1.165, 1.54) is 21.5 Å². The predicted molar refractivity (Wildman–Crippen MR) is 68.2 cm³/mol. The summed E-state index contributed by atoms with van der Waals surface area (Å²) in [5.41, 5.74) is 0. The Bertz CT molecular complexity index is 587. The van der Waals surface area contributed by atoms with Gasteiger partial charge in [-0.15, -0.1) is 0 Å². The molecule has 1 heteroatoms. The van der Waals surface area contributed by atoms with Gasteiger partial charge in [-0.3, -0.25) is 0 Å². The molecule has 0 atom stereocenters. The van der Waals surface area contributed by atoms with E-state index in [0.717, 1.165) is 25.8 Å². The van der Waals surface area contributed by atoms with Crippen molar-refractivity contribution in [2.24, 2.45) is 0 Å². The van der Waals surface area contributed by atoms with E-state index in [9.17, 15) is 0 Å². The summed E-state index contributed by atoms with van der Waals surface area (Å²) in [4.78, 5) is 0. The Morgan fingerprint density at radius 3 is 1.67 bits per heavy atom. The third kappa shape index (κ3) is 1.47. The van der Waals surface area contributed by atoms with Gasteiger partial charge in [-0.05, 0) is 0 Å². The summed E-state index contributed by atoms with van der Waals surface area (Å²) in [5, 5.41) is 5.60. The van der Waals surface area contributed by atoms with Gasteiger partial charge < -0.3 is 0 Å². The van der Waals surface area contributed by atoms with Crippen molar-refractivity contribution in [3.8, 4) is 0 Å². The average Bonchev–Trinajstić information content (AvgIpc) is 2.30. The van der Waals surface area contributed by atoms with Crippen LogP contribution in [-0.2, 0) is 0 Å². The first-order valence-corrected chi connectivity index (χ1v) is 7.27. The third-order valence-electron chi connectivity index (χ3n) is 2.81. The van der Waals surface area contributed by atoms with Crippen molar-refractivity contribution in [1.29, 1.82) is 0 Å². The molecule has 0 unspecified atom stereocenters. The van der Waals surface area contributed by atoms with Crippen LogP contribution in [-0.4, -0.2) is 25.8 Å². The van der Waals surface area contributed by atoms with Crippen LogP contribution in [0.1, 0.15) is 0 Å². The van der Waals surface area contributed by atoms with Crippen LogP contribution in [0.5, 0.6) is 0 Å². The fourth-order valence-corrected chi connectivity index (χ4v) is 4.09. The van der Waals surface area contributed by atoms with Crippen molar-refractivity contribution in [3.63, 3.8) is 0 Å². The summed E-state index contributed by atoms with van der Waals surface area (Å²) < 4.78 is 1.55. The standard InChI is InChI=1S/C14H9.Pb.H/c1-2-6-12-10-14-8-4-3-7-13(14)9-11(12)5-1;;/h1-9H;;. The second-order valence-corrected chi connectivity index (χ2v) is 5.98. The number of hydrogen-bond donors (Lipinski definition) is 0. The van der Waals surface area contributed by atoms with Crippen molar-refractivity contribution < 1.29 is 0 Å². The van der Waals surface area contributed by atoms with Gasteiger partial charge in [-0.25, -0.2) is 0 Å². The molecule has 70 valence electrons. The van der Waals surface area contributed by atoms with Gasteiger partial charge in [-0.1, -0.05) is 0 Å². The summed E-state index contributed by atoms with van der Waals surface area (Å²) in [6.07, 6.45) is 0. The minimum atomic E-state index is 0.881. The summed E-state index contributed by atoms with van der Waals surface area (Å²) in [5.74, 6) is 0. The number of hydrogen-bond acceptors (Lipinski definition) is 0. The zero-order valence-corrected chi connectivity index (χ0v) is 12.8. The maximum absolute atomic E-state index is 2.29. The summed E-state index contributed by atoms with van der Waals surface area (Å²) in [6, 6.07) is 19.6. The van der Waals surface area contributed by atoms with E-state index in [1.54, 1.807) is 3.12 Å². The summed E-state index contributed by atoms with van der Waals surface area (Å²) >= 11 is 0.881. The zero-order valence-electron chi connectivity index (χ0n) is 8.27. The van der Waals surface area contributed by atoms with E-state index < -0.39 is 0 Å². The topological polar surface area (TPSA) is 0 Å². The van der Waals surface area contributed by atoms with E-state index in [0.29, 0.717) is 0 Å². The fraction of sp³-hybridized carbons (Fsp3) is 0. The Hall–Kier alpha value is -0.898. The SMILES string of the molecule is [PbH][c]1c2ccccc2cc2ccccc12. The minimum absolute atomic E-state index is 0.881. The molecule has 0 fully saturated rings. The van der Waals surface area contributed by atoms with Gasteiger partial charge in [-0.2, -0.15) is 0 Å². The zero-order chi connectivity index (χ0) is 10.3. The van der Waals surface area contributed by atoms with Crippen LogP contribution in [0.15, 0.2) is 54.6 Å². The van der Waals surface area contributed by atoms with Crippen LogP contribution in [0.4, 0.5) is 0 Å². The molecule has 3 rings (SSSR count). The molecule has 0 amide bonds. The average molecular weight is 385 g/mol. The third-order valence-corrected chi connectivity index (χ3v) is 5.23. The van der Waals surface area contributed by atoms with E-state index >= 15 is 0 Å². The molecule has 0 aliphatic heterocycles. The normalized spacial score (nSPS) is 11.0. The fourth-order valence-electron chi connectivity index (χ4n) is 2.05. The number of fused-ring (bicyclic) bond motifs is 2. The molecule has 15 heavy (non-hydrogen) atoms. The molecule has 0 aromatic heterocycles. The van der Waals surface area contributed by atoms with Crippen LogP contribution in [0.25, 0.3) is 21.5 Å². The molecule has 3 aromatic rings. The first-order chi connectivity index (χ1) is 7.36. The molecule has 2 radical (unpaired) electrons. The first kappa shape index (κ1) is 9.34. The van der Waals surface area contributed by atoms with E-state index in [2.05, 4.69) is 54.6 Å². The second kappa shape index (κ2) is 3.60. The van der Waals surface area contributed by atoms with E-state index in [1.807, 2.05) is 0 Å². The van der Waals surface area contributed by atoms with Gasteiger partial charge in [0.25, 0.3) is 0 Å². The van der Waals surface area contributed by atoms with Crippen molar-refractivity contribution in [2.75, 3.05) is 0 Å². The van der Waals surface area contributed by atoms with Gasteiger partial charge in [0, 0.05) is 0 Å². The van der Waals surface area contributed by atoms with Gasteiger partial charge in [0.15, 0.2) is 0 Å². The van der Waals surface area contributed by atoms with Gasteiger partial charge in [0.05, 0.1) is 0 Å². The Morgan fingerprint density at radius 1 is 0.667 bits per heavy atom. The Kier molecular flexibility index (Phi) is 2.24. The molecular weight excluding hydrogens is 375 g/mol. The maximum atomic E-state index is 2.29. The van der Waals surface area contributed by atoms with Gasteiger partial charge in [0.1, 0.15) is 0 Å². The monoisotopic (exact) mass is 386 g/mol. The van der Waals surface area contributed by atoms with Gasteiger partial charge >= 0.3 is 105 Å². The summed E-state index contributed by atoms with van der Waals surface area (Å²) in [6.45, 7) is 0. The molecule has 0 bridgehead atoms. The summed E-state index contributed by atoms with van der Waals surface area (Å²) in [7, 11) is 0. The molecule has 0 spiro atoms. The first-order valence-electron chi connectivity index (χ1n) is 5.02. The number of benzene rings is 3. The van der Waals surface area contributed by atoms with Crippen LogP contribution < -0.4 is 3.12 Å². The molecule has 0 aliphatic carbocycles. The van der Waals surface area contributed by atoms with Crippen LogP contribution in [0.3, 0.4) is 0 Å². The Labute approximate surface area is 105 Å². The quantitative estimate of drug-likeness (QED) is 0.412. The van der Waals surface area contributed by atoms with Crippen molar-refractivity contribution >= 4 is 50.4 Å². The second-order valence-electron chi connectivity index (χ2n) is 3.73. The Morgan fingerprint density at radius 2 is 1.13 bits per heavy atom. The van der Waals surface area contributed by atoms with Crippen molar-refractivity contribution in [1.82, 2.24) is 0 Å². The predicted octanol–water partition coefficient (Wildman–Crippen LogP) is 2.52. The van der Waals surface area contributed by atoms with E-state index in [-0.39, 0.29) is 0 Å². The molecular formula is C14H10Pb. The van der Waals surface area contributed by atoms with Gasteiger partial charge in [0.2, 0.25) is 0 Å². The van der Waals surface area contributed by atoms with Crippen LogP contribution >= 0.6 is 0 Å². The molecule has 0 saturated heterocycles. The number of rotatable bonds is 0. The van der Waals surface area contributed by atoms with Crippen LogP contribution in [0.2, 0.25) is 0 Å². The van der Waals surface area contributed by atoms with Crippen molar-refractivity contribution in [3.05, 3.63) is 54.6 Å². The molecule has 0 nitrogen and oxygen atoms in total.